The lowest BCUT2D eigenvalue weighted by Crippen LogP contribution is -2.56. The summed E-state index contributed by atoms with van der Waals surface area (Å²) in [6.45, 7) is 9.13. The first-order valence-corrected chi connectivity index (χ1v) is 17.0. The van der Waals surface area contributed by atoms with E-state index in [-0.39, 0.29) is 23.8 Å². The standard InChI is InChI=1S/C36H40BrN3O4S/c1-26-15-21-32(22-16-26)45(43,44)40(31-19-17-30(37)18-20-31)25-34(41)39(24-29-14-10-9-11-27(29)2)33(35(42)38-36(3,4)5)23-28-12-7-6-8-13-28/h6-22,33H,23-25H2,1-5H3,(H,38,42)/t33-/m0/s1. The second-order valence-electron chi connectivity index (χ2n) is 12.2. The van der Waals surface area contributed by atoms with Gasteiger partial charge in [0.25, 0.3) is 10.0 Å². The summed E-state index contributed by atoms with van der Waals surface area (Å²) in [6.07, 6.45) is 0.253. The lowest BCUT2D eigenvalue weighted by Gasteiger charge is -2.35. The maximum absolute atomic E-state index is 14.6. The molecule has 1 atom stereocenters. The zero-order valence-corrected chi connectivity index (χ0v) is 28.7. The first-order chi connectivity index (χ1) is 21.2. The number of rotatable bonds is 11. The van der Waals surface area contributed by atoms with Crippen molar-refractivity contribution in [2.24, 2.45) is 0 Å². The summed E-state index contributed by atoms with van der Waals surface area (Å²) in [5, 5.41) is 3.06. The van der Waals surface area contributed by atoms with Gasteiger partial charge in [-0.3, -0.25) is 13.9 Å². The Kier molecular flexibility index (Phi) is 10.9. The Labute approximate surface area is 275 Å². The molecule has 4 aromatic rings. The topological polar surface area (TPSA) is 86.8 Å². The first-order valence-electron chi connectivity index (χ1n) is 14.8. The Morgan fingerprint density at radius 2 is 1.42 bits per heavy atom. The van der Waals surface area contributed by atoms with Crippen molar-refractivity contribution in [2.45, 2.75) is 64.1 Å². The minimum atomic E-state index is -4.16. The quantitative estimate of drug-likeness (QED) is 0.187. The molecule has 45 heavy (non-hydrogen) atoms. The normalized spacial score (nSPS) is 12.3. The summed E-state index contributed by atoms with van der Waals surface area (Å²) < 4.78 is 30.2. The van der Waals surface area contributed by atoms with E-state index in [1.54, 1.807) is 48.5 Å². The highest BCUT2D eigenvalue weighted by Crippen LogP contribution is 2.27. The van der Waals surface area contributed by atoms with Crippen LogP contribution in [0, 0.1) is 13.8 Å². The summed E-state index contributed by atoms with van der Waals surface area (Å²) in [5.74, 6) is -0.813. The number of anilines is 1. The van der Waals surface area contributed by atoms with E-state index in [9.17, 15) is 18.0 Å². The van der Waals surface area contributed by atoms with Crippen LogP contribution in [0.4, 0.5) is 5.69 Å². The molecule has 4 aromatic carbocycles. The molecule has 0 saturated carbocycles. The van der Waals surface area contributed by atoms with Gasteiger partial charge in [0.15, 0.2) is 0 Å². The summed E-state index contributed by atoms with van der Waals surface area (Å²) in [4.78, 5) is 30.2. The molecular weight excluding hydrogens is 650 g/mol. The highest BCUT2D eigenvalue weighted by atomic mass is 79.9. The molecular formula is C36H40BrN3O4S. The smallest absolute Gasteiger partial charge is 0.264 e. The van der Waals surface area contributed by atoms with E-state index in [2.05, 4.69) is 21.2 Å². The maximum atomic E-state index is 14.6. The molecule has 0 radical (unpaired) electrons. The van der Waals surface area contributed by atoms with Gasteiger partial charge < -0.3 is 10.2 Å². The Balaban J connectivity index is 1.82. The van der Waals surface area contributed by atoms with Crippen LogP contribution >= 0.6 is 15.9 Å². The average Bonchev–Trinajstić information content (AvgIpc) is 2.99. The van der Waals surface area contributed by atoms with Gasteiger partial charge in [-0.2, -0.15) is 0 Å². The van der Waals surface area contributed by atoms with E-state index in [0.29, 0.717) is 5.69 Å². The van der Waals surface area contributed by atoms with Crippen molar-refractivity contribution in [3.8, 4) is 0 Å². The SMILES string of the molecule is Cc1ccc(S(=O)(=O)N(CC(=O)N(Cc2ccccc2C)[C@@H](Cc2ccccc2)C(=O)NC(C)(C)C)c2ccc(Br)cc2)cc1. The van der Waals surface area contributed by atoms with Crippen LogP contribution in [0.2, 0.25) is 0 Å². The van der Waals surface area contributed by atoms with E-state index in [1.165, 1.54) is 4.90 Å². The van der Waals surface area contributed by atoms with Crippen molar-refractivity contribution >= 4 is 43.5 Å². The lowest BCUT2D eigenvalue weighted by molar-refractivity contribution is -0.140. The minimum Gasteiger partial charge on any atom is -0.350 e. The molecule has 0 heterocycles. The van der Waals surface area contributed by atoms with Crippen LogP contribution in [0.25, 0.3) is 0 Å². The second kappa shape index (κ2) is 14.4. The van der Waals surface area contributed by atoms with Crippen molar-refractivity contribution in [2.75, 3.05) is 10.8 Å². The Hall–Kier alpha value is -3.95. The van der Waals surface area contributed by atoms with E-state index < -0.39 is 34.1 Å². The third-order valence-corrected chi connectivity index (χ3v) is 9.69. The van der Waals surface area contributed by atoms with E-state index in [1.807, 2.05) is 89.2 Å². The van der Waals surface area contributed by atoms with Gasteiger partial charge in [0.2, 0.25) is 11.8 Å². The fourth-order valence-electron chi connectivity index (χ4n) is 4.95. The highest BCUT2D eigenvalue weighted by molar-refractivity contribution is 9.10. The van der Waals surface area contributed by atoms with Gasteiger partial charge in [-0.1, -0.05) is 88.2 Å². The van der Waals surface area contributed by atoms with Gasteiger partial charge in [-0.15, -0.1) is 0 Å². The van der Waals surface area contributed by atoms with Gasteiger partial charge in [0.05, 0.1) is 10.6 Å². The molecule has 4 rings (SSSR count). The van der Waals surface area contributed by atoms with Crippen molar-refractivity contribution in [3.63, 3.8) is 0 Å². The van der Waals surface area contributed by atoms with Gasteiger partial charge in [-0.05, 0) is 87.7 Å². The van der Waals surface area contributed by atoms with Crippen LogP contribution in [0.3, 0.4) is 0 Å². The number of carbonyl (C=O) groups excluding carboxylic acids is 2. The fraction of sp³-hybridized carbons (Fsp3) is 0.278. The summed E-state index contributed by atoms with van der Waals surface area (Å²) in [5.41, 5.74) is 3.40. The van der Waals surface area contributed by atoms with Crippen LogP contribution in [0.15, 0.2) is 112 Å². The van der Waals surface area contributed by atoms with E-state index in [0.717, 1.165) is 31.0 Å². The molecule has 2 amide bonds. The zero-order valence-electron chi connectivity index (χ0n) is 26.3. The van der Waals surface area contributed by atoms with Crippen molar-refractivity contribution in [1.82, 2.24) is 10.2 Å². The first kappa shape index (κ1) is 33.9. The Bertz CT molecular complexity index is 1720. The predicted octanol–water partition coefficient (Wildman–Crippen LogP) is 6.82. The number of amides is 2. The van der Waals surface area contributed by atoms with Crippen LogP contribution in [-0.4, -0.2) is 43.3 Å². The van der Waals surface area contributed by atoms with Crippen molar-refractivity contribution in [3.05, 3.63) is 130 Å². The monoisotopic (exact) mass is 689 g/mol. The number of hydrogen-bond donors (Lipinski definition) is 1. The Morgan fingerprint density at radius 3 is 2.02 bits per heavy atom. The van der Waals surface area contributed by atoms with Gasteiger partial charge >= 0.3 is 0 Å². The van der Waals surface area contributed by atoms with Crippen LogP contribution in [-0.2, 0) is 32.6 Å². The molecule has 236 valence electrons. The zero-order chi connectivity index (χ0) is 32.8. The van der Waals surface area contributed by atoms with Gasteiger partial charge in [0, 0.05) is 23.0 Å². The molecule has 0 spiro atoms. The number of aryl methyl sites for hydroxylation is 2. The maximum Gasteiger partial charge on any atom is 0.264 e. The summed E-state index contributed by atoms with van der Waals surface area (Å²) >= 11 is 3.42. The lowest BCUT2D eigenvalue weighted by atomic mass is 10.00. The van der Waals surface area contributed by atoms with E-state index in [4.69, 9.17) is 0 Å². The predicted molar refractivity (Wildman–Crippen MR) is 183 cm³/mol. The third kappa shape index (κ3) is 9.05. The molecule has 1 N–H and O–H groups in total. The molecule has 0 unspecified atom stereocenters. The molecule has 9 heteroatoms. The third-order valence-electron chi connectivity index (χ3n) is 7.37. The summed E-state index contributed by atoms with van der Waals surface area (Å²) in [6, 6.07) is 29.6. The minimum absolute atomic E-state index is 0.0700. The second-order valence-corrected chi connectivity index (χ2v) is 15.0. The van der Waals surface area contributed by atoms with Crippen molar-refractivity contribution in [1.29, 1.82) is 0 Å². The summed E-state index contributed by atoms with van der Waals surface area (Å²) in [7, 11) is -4.16. The number of nitrogens with zero attached hydrogens (tertiary/aromatic N) is 2. The van der Waals surface area contributed by atoms with Gasteiger partial charge in [-0.25, -0.2) is 8.42 Å². The van der Waals surface area contributed by atoms with Crippen LogP contribution < -0.4 is 9.62 Å². The molecule has 0 bridgehead atoms. The Morgan fingerprint density at radius 1 is 0.822 bits per heavy atom. The molecule has 7 nitrogen and oxygen atoms in total. The van der Waals surface area contributed by atoms with Crippen molar-refractivity contribution < 1.29 is 18.0 Å². The molecule has 0 fully saturated rings. The molecule has 0 aromatic heterocycles. The number of carbonyl (C=O) groups is 2. The number of halogens is 1. The molecule has 0 saturated heterocycles. The fourth-order valence-corrected chi connectivity index (χ4v) is 6.63. The van der Waals surface area contributed by atoms with Crippen LogP contribution in [0.1, 0.15) is 43.0 Å². The highest BCUT2D eigenvalue weighted by Gasteiger charge is 2.35. The molecule has 0 aliphatic carbocycles. The van der Waals surface area contributed by atoms with Crippen LogP contribution in [0.5, 0.6) is 0 Å². The number of hydrogen-bond acceptors (Lipinski definition) is 4. The average molecular weight is 691 g/mol. The molecule has 0 aliphatic heterocycles. The number of benzene rings is 4. The molecule has 0 aliphatic rings. The largest absolute Gasteiger partial charge is 0.350 e. The number of nitrogens with one attached hydrogen (secondary N) is 1. The number of sulfonamides is 1. The van der Waals surface area contributed by atoms with E-state index >= 15 is 0 Å². The van der Waals surface area contributed by atoms with Gasteiger partial charge in [0.1, 0.15) is 12.6 Å².